The minimum atomic E-state index is -0.405. The number of nitrogens with zero attached hydrogens (tertiary/aromatic N) is 3. The highest BCUT2D eigenvalue weighted by Gasteiger charge is 2.35. The van der Waals surface area contributed by atoms with Gasteiger partial charge in [0.15, 0.2) is 4.34 Å². The van der Waals surface area contributed by atoms with Gasteiger partial charge >= 0.3 is 0 Å². The quantitative estimate of drug-likeness (QED) is 0.572. The lowest BCUT2D eigenvalue weighted by Gasteiger charge is -2.17. The monoisotopic (exact) mass is 394 g/mol. The van der Waals surface area contributed by atoms with Gasteiger partial charge in [0.05, 0.1) is 5.25 Å². The molecule has 0 bridgehead atoms. The zero-order chi connectivity index (χ0) is 18.7. The first-order chi connectivity index (χ1) is 12.5. The van der Waals surface area contributed by atoms with Crippen molar-refractivity contribution in [2.45, 2.75) is 48.7 Å². The number of rotatable bonds is 7. The largest absolute Gasteiger partial charge is 0.325 e. The van der Waals surface area contributed by atoms with E-state index < -0.39 is 5.25 Å². The van der Waals surface area contributed by atoms with Crippen LogP contribution in [0.4, 0.5) is 15.2 Å². The number of carbonyl (C=O) groups is 2. The molecule has 2 aromatic rings. The van der Waals surface area contributed by atoms with Crippen LogP contribution in [-0.4, -0.2) is 33.3 Å². The fourth-order valence-electron chi connectivity index (χ4n) is 2.30. The summed E-state index contributed by atoms with van der Waals surface area (Å²) in [5.74, 6) is -0.516. The maximum absolute atomic E-state index is 12.9. The molecule has 3 rings (SSSR count). The van der Waals surface area contributed by atoms with Gasteiger partial charge in [-0.1, -0.05) is 30.0 Å². The lowest BCUT2D eigenvalue weighted by Crippen LogP contribution is -2.32. The number of thioether (sulfide) groups is 1. The third-order valence-corrected chi connectivity index (χ3v) is 5.95. The van der Waals surface area contributed by atoms with Crippen molar-refractivity contribution < 1.29 is 14.0 Å². The van der Waals surface area contributed by atoms with E-state index in [1.165, 1.54) is 47.4 Å². The SMILES string of the molecule is CCC(=O)N(c1nnc(S[C@@H](C)C(=O)Nc2ccc(F)cc2)s1)C1CC1. The number of hydrogen-bond donors (Lipinski definition) is 1. The van der Waals surface area contributed by atoms with Crippen molar-refractivity contribution >= 4 is 45.7 Å². The van der Waals surface area contributed by atoms with Gasteiger partial charge in [0, 0.05) is 18.2 Å². The Morgan fingerprint density at radius 1 is 1.35 bits per heavy atom. The van der Waals surface area contributed by atoms with Crippen LogP contribution in [0.15, 0.2) is 28.6 Å². The molecule has 6 nitrogen and oxygen atoms in total. The average molecular weight is 394 g/mol. The summed E-state index contributed by atoms with van der Waals surface area (Å²) in [6.07, 6.45) is 2.41. The summed E-state index contributed by atoms with van der Waals surface area (Å²) in [6, 6.07) is 5.84. The number of carbonyl (C=O) groups excluding carboxylic acids is 2. The second-order valence-electron chi connectivity index (χ2n) is 5.96. The first-order valence-electron chi connectivity index (χ1n) is 8.36. The Balaban J connectivity index is 1.61. The highest BCUT2D eigenvalue weighted by molar-refractivity contribution is 8.02. The first-order valence-corrected chi connectivity index (χ1v) is 10.1. The molecule has 1 aromatic heterocycles. The third-order valence-electron chi connectivity index (χ3n) is 3.84. The number of benzene rings is 1. The highest BCUT2D eigenvalue weighted by atomic mass is 32.2. The predicted molar refractivity (Wildman–Crippen MR) is 101 cm³/mol. The van der Waals surface area contributed by atoms with Crippen molar-refractivity contribution in [3.63, 3.8) is 0 Å². The van der Waals surface area contributed by atoms with Gasteiger partial charge in [0.25, 0.3) is 0 Å². The maximum Gasteiger partial charge on any atom is 0.237 e. The van der Waals surface area contributed by atoms with Crippen LogP contribution in [0.25, 0.3) is 0 Å². The van der Waals surface area contributed by atoms with E-state index in [0.29, 0.717) is 21.6 Å². The molecule has 2 amide bonds. The summed E-state index contributed by atoms with van der Waals surface area (Å²) < 4.78 is 13.6. The van der Waals surface area contributed by atoms with Crippen molar-refractivity contribution in [1.82, 2.24) is 10.2 Å². The van der Waals surface area contributed by atoms with Crippen molar-refractivity contribution in [2.24, 2.45) is 0 Å². The Kier molecular flexibility index (Phi) is 5.87. The number of amides is 2. The molecule has 1 heterocycles. The molecule has 0 saturated heterocycles. The van der Waals surface area contributed by atoms with Crippen LogP contribution in [-0.2, 0) is 9.59 Å². The minimum absolute atomic E-state index is 0.0438. The smallest absolute Gasteiger partial charge is 0.237 e. The van der Waals surface area contributed by atoms with Gasteiger partial charge in [0.1, 0.15) is 5.82 Å². The molecule has 1 aliphatic rings. The third kappa shape index (κ3) is 4.59. The molecular weight excluding hydrogens is 375 g/mol. The van der Waals surface area contributed by atoms with E-state index in [1.807, 2.05) is 6.92 Å². The van der Waals surface area contributed by atoms with E-state index >= 15 is 0 Å². The molecule has 1 fully saturated rings. The number of aromatic nitrogens is 2. The summed E-state index contributed by atoms with van der Waals surface area (Å²) in [6.45, 7) is 3.59. The fourth-order valence-corrected chi connectivity index (χ4v) is 4.37. The Morgan fingerprint density at radius 3 is 2.65 bits per heavy atom. The molecule has 1 N–H and O–H groups in total. The highest BCUT2D eigenvalue weighted by Crippen LogP contribution is 2.37. The molecular formula is C17H19FN4O2S2. The molecule has 0 spiro atoms. The summed E-state index contributed by atoms with van der Waals surface area (Å²) in [5.41, 5.74) is 0.537. The molecule has 138 valence electrons. The van der Waals surface area contributed by atoms with Crippen molar-refractivity contribution in [1.29, 1.82) is 0 Å². The molecule has 0 radical (unpaired) electrons. The van der Waals surface area contributed by atoms with E-state index in [2.05, 4.69) is 15.5 Å². The summed E-state index contributed by atoms with van der Waals surface area (Å²) in [5, 5.41) is 11.2. The second-order valence-corrected chi connectivity index (χ2v) is 8.50. The van der Waals surface area contributed by atoms with Gasteiger partial charge < -0.3 is 5.32 Å². The number of halogens is 1. The van der Waals surface area contributed by atoms with Gasteiger partial charge in [-0.05, 0) is 44.0 Å². The zero-order valence-corrected chi connectivity index (χ0v) is 16.1. The summed E-state index contributed by atoms with van der Waals surface area (Å²) >= 11 is 2.61. The Bertz CT molecular complexity index is 792. The van der Waals surface area contributed by atoms with Crippen LogP contribution in [0.3, 0.4) is 0 Å². The van der Waals surface area contributed by atoms with Crippen LogP contribution in [0, 0.1) is 5.82 Å². The number of hydrogen-bond acceptors (Lipinski definition) is 6. The van der Waals surface area contributed by atoms with Gasteiger partial charge in [0.2, 0.25) is 16.9 Å². The molecule has 1 aromatic carbocycles. The number of nitrogens with one attached hydrogen (secondary N) is 1. The van der Waals surface area contributed by atoms with Crippen LogP contribution in [0.5, 0.6) is 0 Å². The van der Waals surface area contributed by atoms with E-state index in [-0.39, 0.29) is 23.7 Å². The molecule has 1 saturated carbocycles. The van der Waals surface area contributed by atoms with E-state index in [0.717, 1.165) is 12.8 Å². The van der Waals surface area contributed by atoms with E-state index in [9.17, 15) is 14.0 Å². The van der Waals surface area contributed by atoms with Crippen LogP contribution < -0.4 is 10.2 Å². The van der Waals surface area contributed by atoms with Crippen molar-refractivity contribution in [2.75, 3.05) is 10.2 Å². The predicted octanol–water partition coefficient (Wildman–Crippen LogP) is 3.70. The second kappa shape index (κ2) is 8.13. The zero-order valence-electron chi connectivity index (χ0n) is 14.4. The lowest BCUT2D eigenvalue weighted by atomic mass is 10.3. The summed E-state index contributed by atoms with van der Waals surface area (Å²) in [4.78, 5) is 26.1. The van der Waals surface area contributed by atoms with Crippen molar-refractivity contribution in [3.8, 4) is 0 Å². The molecule has 0 unspecified atom stereocenters. The standard InChI is InChI=1S/C17H19FN4O2S2/c1-3-14(23)22(13-8-9-13)16-20-21-17(26-16)25-10(2)15(24)19-12-6-4-11(18)5-7-12/h4-7,10,13H,3,8-9H2,1-2H3,(H,19,24)/t10-/m0/s1. The molecule has 26 heavy (non-hydrogen) atoms. The average Bonchev–Trinajstić information content (AvgIpc) is 3.36. The maximum atomic E-state index is 12.9. The molecule has 1 aliphatic carbocycles. The Labute approximate surface area is 159 Å². The Morgan fingerprint density at radius 2 is 2.04 bits per heavy atom. The van der Waals surface area contributed by atoms with Crippen molar-refractivity contribution in [3.05, 3.63) is 30.1 Å². The van der Waals surface area contributed by atoms with E-state index in [1.54, 1.807) is 11.8 Å². The lowest BCUT2D eigenvalue weighted by molar-refractivity contribution is -0.118. The number of anilines is 2. The van der Waals surface area contributed by atoms with Crippen LogP contribution >= 0.6 is 23.1 Å². The van der Waals surface area contributed by atoms with Gasteiger partial charge in [-0.25, -0.2) is 4.39 Å². The molecule has 9 heteroatoms. The Hall–Kier alpha value is -2.00. The van der Waals surface area contributed by atoms with Gasteiger partial charge in [-0.2, -0.15) is 0 Å². The van der Waals surface area contributed by atoms with Crippen LogP contribution in [0.2, 0.25) is 0 Å². The normalized spacial score (nSPS) is 14.7. The molecule has 1 atom stereocenters. The fraction of sp³-hybridized carbons (Fsp3) is 0.412. The van der Waals surface area contributed by atoms with E-state index in [4.69, 9.17) is 0 Å². The van der Waals surface area contributed by atoms with Gasteiger partial charge in [-0.15, -0.1) is 10.2 Å². The van der Waals surface area contributed by atoms with Gasteiger partial charge in [-0.3, -0.25) is 14.5 Å². The topological polar surface area (TPSA) is 75.2 Å². The first kappa shape index (κ1) is 18.8. The minimum Gasteiger partial charge on any atom is -0.325 e. The van der Waals surface area contributed by atoms with Crippen LogP contribution in [0.1, 0.15) is 33.1 Å². The molecule has 0 aliphatic heterocycles. The summed E-state index contributed by atoms with van der Waals surface area (Å²) in [7, 11) is 0.